The molecule has 4 aliphatic heterocycles. The first-order valence-corrected chi connectivity index (χ1v) is 17.9. The fourth-order valence-corrected chi connectivity index (χ4v) is 8.92. The van der Waals surface area contributed by atoms with E-state index in [2.05, 4.69) is 37.5 Å². The van der Waals surface area contributed by atoms with Gasteiger partial charge in [0.25, 0.3) is 0 Å². The van der Waals surface area contributed by atoms with Crippen molar-refractivity contribution in [3.8, 4) is 0 Å². The fourth-order valence-electron chi connectivity index (χ4n) is 7.41. The topological polar surface area (TPSA) is 85.0 Å². The number of rotatable bonds is 7. The highest BCUT2D eigenvalue weighted by atomic mass is 32.2. The third-order valence-electron chi connectivity index (χ3n) is 10.1. The van der Waals surface area contributed by atoms with Crippen molar-refractivity contribution >= 4 is 35.3 Å². The van der Waals surface area contributed by atoms with Gasteiger partial charge in [-0.25, -0.2) is 9.18 Å². The van der Waals surface area contributed by atoms with Gasteiger partial charge in [0.15, 0.2) is 0 Å². The lowest BCUT2D eigenvalue weighted by Crippen LogP contribution is -2.50. The van der Waals surface area contributed by atoms with Crippen LogP contribution >= 0.6 is 11.8 Å². The van der Waals surface area contributed by atoms with Crippen molar-refractivity contribution in [3.63, 3.8) is 0 Å². The lowest BCUT2D eigenvalue weighted by atomic mass is 9.86. The summed E-state index contributed by atoms with van der Waals surface area (Å²) in [6.45, 7) is 10.5. The van der Waals surface area contributed by atoms with Crippen LogP contribution in [0.4, 0.5) is 14.9 Å². The number of hydrogen-bond acceptors (Lipinski definition) is 5. The van der Waals surface area contributed by atoms with Crippen LogP contribution in [-0.2, 0) is 16.0 Å². The highest BCUT2D eigenvalue weighted by molar-refractivity contribution is 8.01. The molecule has 2 N–H and O–H groups in total. The summed E-state index contributed by atoms with van der Waals surface area (Å²) in [5, 5.41) is 5.62. The van der Waals surface area contributed by atoms with E-state index in [9.17, 15) is 14.4 Å². The van der Waals surface area contributed by atoms with Crippen LogP contribution < -0.4 is 10.6 Å². The number of fused-ring (bicyclic) bond motifs is 1. The molecule has 3 fully saturated rings. The number of carbonyl (C=O) groups is 3. The Hall–Kier alpha value is -3.11. The van der Waals surface area contributed by atoms with Gasteiger partial charge in [-0.05, 0) is 91.8 Å². The van der Waals surface area contributed by atoms with Crippen molar-refractivity contribution in [1.29, 1.82) is 0 Å². The van der Waals surface area contributed by atoms with Gasteiger partial charge in [0.05, 0.1) is 5.25 Å². The van der Waals surface area contributed by atoms with E-state index in [4.69, 9.17) is 0 Å². The molecule has 4 amide bonds. The largest absolute Gasteiger partial charge is 0.342 e. The third-order valence-corrected chi connectivity index (χ3v) is 11.6. The predicted octanol–water partition coefficient (Wildman–Crippen LogP) is 6.14. The van der Waals surface area contributed by atoms with Crippen LogP contribution in [0.3, 0.4) is 0 Å². The Kier molecular flexibility index (Phi) is 9.94. The molecule has 46 heavy (non-hydrogen) atoms. The first-order chi connectivity index (χ1) is 22.1. The van der Waals surface area contributed by atoms with Gasteiger partial charge in [-0.15, -0.1) is 11.8 Å². The summed E-state index contributed by atoms with van der Waals surface area (Å²) in [6.07, 6.45) is 4.91. The Labute approximate surface area is 276 Å². The molecule has 0 saturated carbocycles. The molecule has 0 aliphatic carbocycles. The van der Waals surface area contributed by atoms with Gasteiger partial charge in [0, 0.05) is 44.3 Å². The molecular formula is C36H48FN5O3S. The number of nitrogens with zero attached hydrogens (tertiary/aromatic N) is 3. The molecule has 4 aliphatic rings. The van der Waals surface area contributed by atoms with E-state index in [0.29, 0.717) is 39.0 Å². The first kappa shape index (κ1) is 32.8. The minimum Gasteiger partial charge on any atom is -0.342 e. The highest BCUT2D eigenvalue weighted by Crippen LogP contribution is 2.48. The number of benzene rings is 2. The number of carbonyl (C=O) groups excluding carboxylic acids is 3. The Bertz CT molecular complexity index is 1430. The maximum Gasteiger partial charge on any atom is 0.322 e. The van der Waals surface area contributed by atoms with Crippen LogP contribution in [-0.4, -0.2) is 83.1 Å². The Morgan fingerprint density at radius 1 is 0.978 bits per heavy atom. The number of amides is 4. The molecule has 10 heteroatoms. The average Bonchev–Trinajstić information content (AvgIpc) is 3.23. The summed E-state index contributed by atoms with van der Waals surface area (Å²) < 4.78 is 15.5. The Balaban J connectivity index is 1.13. The number of thioether (sulfide) groups is 1. The van der Waals surface area contributed by atoms with E-state index < -0.39 is 5.25 Å². The van der Waals surface area contributed by atoms with Crippen molar-refractivity contribution in [3.05, 3.63) is 65.0 Å². The molecule has 6 rings (SSSR count). The molecule has 3 saturated heterocycles. The van der Waals surface area contributed by atoms with Gasteiger partial charge in [0.2, 0.25) is 11.8 Å². The van der Waals surface area contributed by atoms with Gasteiger partial charge in [-0.3, -0.25) is 9.59 Å². The molecule has 2 atom stereocenters. The van der Waals surface area contributed by atoms with E-state index >= 15 is 4.39 Å². The van der Waals surface area contributed by atoms with Gasteiger partial charge >= 0.3 is 6.03 Å². The summed E-state index contributed by atoms with van der Waals surface area (Å²) >= 11 is 1.52. The first-order valence-electron chi connectivity index (χ1n) is 17.0. The number of halogens is 1. The van der Waals surface area contributed by atoms with Crippen molar-refractivity contribution in [2.24, 2.45) is 5.41 Å². The van der Waals surface area contributed by atoms with Crippen molar-refractivity contribution < 1.29 is 18.8 Å². The smallest absolute Gasteiger partial charge is 0.322 e. The maximum atomic E-state index is 15.5. The molecule has 2 aromatic rings. The van der Waals surface area contributed by atoms with Crippen LogP contribution in [0.15, 0.2) is 42.5 Å². The molecule has 0 radical (unpaired) electrons. The van der Waals surface area contributed by atoms with Gasteiger partial charge in [0.1, 0.15) is 11.2 Å². The molecule has 0 spiro atoms. The second-order valence-electron chi connectivity index (χ2n) is 14.4. The van der Waals surface area contributed by atoms with Gasteiger partial charge < -0.3 is 25.3 Å². The quantitative estimate of drug-likeness (QED) is 0.377. The monoisotopic (exact) mass is 649 g/mol. The van der Waals surface area contributed by atoms with Crippen LogP contribution in [0, 0.1) is 11.2 Å². The molecule has 0 bridgehead atoms. The molecule has 0 unspecified atom stereocenters. The lowest BCUT2D eigenvalue weighted by molar-refractivity contribution is -0.137. The lowest BCUT2D eigenvalue weighted by Gasteiger charge is -2.38. The Morgan fingerprint density at radius 2 is 1.72 bits per heavy atom. The van der Waals surface area contributed by atoms with E-state index in [-0.39, 0.29) is 52.8 Å². The normalized spacial score (nSPS) is 23.3. The second-order valence-corrected chi connectivity index (χ2v) is 15.7. The minimum atomic E-state index is -0.505. The molecule has 0 aromatic heterocycles. The van der Waals surface area contributed by atoms with Crippen LogP contribution in [0.1, 0.15) is 87.3 Å². The standard InChI is InChI=1S/C36H48FN5O3S/c1-36(2,3)16-22-42-33(44)30(46-34(42)27-8-6-9-28(37)32(27)25-11-17-38-18-12-25)23-31(43)40-19-14-26(15-20-40)41-21-13-24-7-4-5-10-29(24)39-35(41)45/h4-10,25-26,30,34,38H,11-23H2,1-3H3,(H,39,45)/t30-,34-/m0/s1. The van der Waals surface area contributed by atoms with Crippen molar-refractivity contribution in [2.45, 2.75) is 88.3 Å². The van der Waals surface area contributed by atoms with Crippen LogP contribution in [0.2, 0.25) is 0 Å². The van der Waals surface area contributed by atoms with Crippen LogP contribution in [0.25, 0.3) is 0 Å². The summed E-state index contributed by atoms with van der Waals surface area (Å²) in [6, 6.07) is 13.2. The average molecular weight is 650 g/mol. The van der Waals surface area contributed by atoms with Crippen molar-refractivity contribution in [1.82, 2.24) is 20.0 Å². The molecular weight excluding hydrogens is 601 g/mol. The molecule has 8 nitrogen and oxygen atoms in total. The zero-order chi connectivity index (χ0) is 32.4. The van der Waals surface area contributed by atoms with E-state index in [1.165, 1.54) is 11.8 Å². The number of anilines is 1. The van der Waals surface area contributed by atoms with E-state index in [1.54, 1.807) is 12.1 Å². The highest BCUT2D eigenvalue weighted by Gasteiger charge is 2.44. The zero-order valence-electron chi connectivity index (χ0n) is 27.4. The van der Waals surface area contributed by atoms with Crippen LogP contribution in [0.5, 0.6) is 0 Å². The van der Waals surface area contributed by atoms with Gasteiger partial charge in [-0.2, -0.15) is 0 Å². The molecule has 248 valence electrons. The number of nitrogens with one attached hydrogen (secondary N) is 2. The minimum absolute atomic E-state index is 0.0220. The SMILES string of the molecule is CC(C)(C)CCN1C(=O)[C@H](CC(=O)N2CCC(N3CCc4ccccc4NC3=O)CC2)S[C@H]1c1cccc(F)c1C1CCNCC1. The number of para-hydroxylation sites is 1. The maximum absolute atomic E-state index is 15.5. The number of piperidine rings is 2. The predicted molar refractivity (Wildman–Crippen MR) is 181 cm³/mol. The van der Waals surface area contributed by atoms with Crippen molar-refractivity contribution in [2.75, 3.05) is 44.6 Å². The Morgan fingerprint density at radius 3 is 2.46 bits per heavy atom. The van der Waals surface area contributed by atoms with E-state index in [0.717, 1.165) is 61.2 Å². The molecule has 2 aromatic carbocycles. The number of likely N-dealkylation sites (tertiary alicyclic amines) is 1. The zero-order valence-corrected chi connectivity index (χ0v) is 28.2. The number of hydrogen-bond donors (Lipinski definition) is 2. The summed E-state index contributed by atoms with van der Waals surface area (Å²) in [7, 11) is 0. The molecule has 4 heterocycles. The summed E-state index contributed by atoms with van der Waals surface area (Å²) in [5.74, 6) is -0.132. The summed E-state index contributed by atoms with van der Waals surface area (Å²) in [5.41, 5.74) is 3.66. The second kappa shape index (κ2) is 13.9. The van der Waals surface area contributed by atoms with E-state index in [1.807, 2.05) is 39.0 Å². The summed E-state index contributed by atoms with van der Waals surface area (Å²) in [4.78, 5) is 46.4. The van der Waals surface area contributed by atoms with Gasteiger partial charge in [-0.1, -0.05) is 51.1 Å². The third kappa shape index (κ3) is 7.23. The fraction of sp³-hybridized carbons (Fsp3) is 0.583. The number of urea groups is 1.